The predicted octanol–water partition coefficient (Wildman–Crippen LogP) is 3.61. The van der Waals surface area contributed by atoms with E-state index in [0.29, 0.717) is 18.9 Å². The third-order valence-electron chi connectivity index (χ3n) is 4.70. The lowest BCUT2D eigenvalue weighted by molar-refractivity contribution is -0.155. The van der Waals surface area contributed by atoms with Crippen molar-refractivity contribution < 1.29 is 36.8 Å². The molecule has 0 radical (unpaired) electrons. The summed E-state index contributed by atoms with van der Waals surface area (Å²) in [7, 11) is 0. The number of hydrazine groups is 1. The number of aromatic nitrogens is 1. The van der Waals surface area contributed by atoms with Crippen LogP contribution < -0.4 is 10.6 Å². The number of halogens is 3. The van der Waals surface area contributed by atoms with Crippen LogP contribution in [0.25, 0.3) is 0 Å². The molecule has 0 aliphatic carbocycles. The Bertz CT molecular complexity index is 836. The molecule has 10 nitrogen and oxygen atoms in total. The second kappa shape index (κ2) is 9.65. The number of amides is 4. The average Bonchev–Trinajstić information content (AvgIpc) is 3.32. The van der Waals surface area contributed by atoms with Crippen molar-refractivity contribution in [3.8, 4) is 0 Å². The molecule has 4 amide bonds. The maximum absolute atomic E-state index is 13.2. The van der Waals surface area contributed by atoms with E-state index in [1.165, 1.54) is 0 Å². The Labute approximate surface area is 183 Å². The van der Waals surface area contributed by atoms with E-state index in [9.17, 15) is 27.6 Å². The maximum atomic E-state index is 13.2. The molecule has 1 fully saturated rings. The number of ether oxygens (including phenoxy) is 1. The van der Waals surface area contributed by atoms with Gasteiger partial charge in [-0.25, -0.2) is 19.6 Å². The minimum absolute atomic E-state index is 0.154. The number of urea groups is 1. The van der Waals surface area contributed by atoms with Crippen LogP contribution in [-0.2, 0) is 15.7 Å². The van der Waals surface area contributed by atoms with Crippen molar-refractivity contribution >= 4 is 23.8 Å². The summed E-state index contributed by atoms with van der Waals surface area (Å²) < 4.78 is 47.4. The third-order valence-corrected chi connectivity index (χ3v) is 4.70. The molecule has 13 heteroatoms. The molecule has 180 valence electrons. The molecular formula is C19H28F3N5O5. The minimum Gasteiger partial charge on any atom is -0.444 e. The number of hydrogen-bond donors (Lipinski definition) is 2. The van der Waals surface area contributed by atoms with Crippen molar-refractivity contribution in [2.24, 2.45) is 5.92 Å². The Hall–Kier alpha value is -2.99. The van der Waals surface area contributed by atoms with Gasteiger partial charge < -0.3 is 14.6 Å². The fraction of sp³-hybridized carbons (Fsp3) is 0.684. The van der Waals surface area contributed by atoms with Gasteiger partial charge in [-0.15, -0.1) is 0 Å². The standard InChI is InChI=1S/C19H28F3N5O5/c1-6-11(2)14(24-17(30)31-18(3,4)5)15(28)26-8-7-9-27(26)16(29)23-13-10-12(32-25-13)19(20,21)22/h10-11,14H,6-9H2,1-5H3,(H,24,30)(H,23,25,29)/t11-,14-/m0/s1. The predicted molar refractivity (Wildman–Crippen MR) is 106 cm³/mol. The summed E-state index contributed by atoms with van der Waals surface area (Å²) in [5.41, 5.74) is -0.764. The van der Waals surface area contributed by atoms with E-state index in [0.717, 1.165) is 10.0 Å². The number of nitrogens with one attached hydrogen (secondary N) is 2. The molecule has 32 heavy (non-hydrogen) atoms. The van der Waals surface area contributed by atoms with Crippen molar-refractivity contribution in [3.63, 3.8) is 0 Å². The normalized spacial score (nSPS) is 16.5. The van der Waals surface area contributed by atoms with Gasteiger partial charge in [0.2, 0.25) is 5.76 Å². The number of alkyl carbamates (subject to hydrolysis) is 1. The first-order valence-corrected chi connectivity index (χ1v) is 10.2. The maximum Gasteiger partial charge on any atom is 0.452 e. The summed E-state index contributed by atoms with van der Waals surface area (Å²) in [6.45, 7) is 9.03. The van der Waals surface area contributed by atoms with Crippen LogP contribution in [0.5, 0.6) is 0 Å². The van der Waals surface area contributed by atoms with Gasteiger partial charge in [-0.1, -0.05) is 25.4 Å². The molecule has 0 saturated carbocycles. The van der Waals surface area contributed by atoms with Crippen molar-refractivity contribution in [1.82, 2.24) is 20.5 Å². The van der Waals surface area contributed by atoms with Gasteiger partial charge >= 0.3 is 18.3 Å². The van der Waals surface area contributed by atoms with Crippen LogP contribution in [0.2, 0.25) is 0 Å². The zero-order chi connectivity index (χ0) is 24.3. The number of carbonyl (C=O) groups excluding carboxylic acids is 3. The van der Waals surface area contributed by atoms with E-state index in [4.69, 9.17) is 4.74 Å². The molecule has 1 aromatic rings. The van der Waals surface area contributed by atoms with Gasteiger partial charge in [0.1, 0.15) is 11.6 Å². The topological polar surface area (TPSA) is 117 Å². The third kappa shape index (κ3) is 6.50. The van der Waals surface area contributed by atoms with Crippen LogP contribution in [0.1, 0.15) is 53.2 Å². The highest BCUT2D eigenvalue weighted by atomic mass is 19.4. The summed E-state index contributed by atoms with van der Waals surface area (Å²) >= 11 is 0. The van der Waals surface area contributed by atoms with Gasteiger partial charge in [0.05, 0.1) is 0 Å². The first kappa shape index (κ1) is 25.3. The van der Waals surface area contributed by atoms with Crippen molar-refractivity contribution in [1.29, 1.82) is 0 Å². The number of carbonyl (C=O) groups is 3. The van der Waals surface area contributed by atoms with Crippen molar-refractivity contribution in [2.45, 2.75) is 65.3 Å². The molecule has 0 aromatic carbocycles. The van der Waals surface area contributed by atoms with Gasteiger partial charge in [-0.3, -0.25) is 10.1 Å². The molecule has 1 saturated heterocycles. The van der Waals surface area contributed by atoms with Crippen LogP contribution in [-0.4, -0.2) is 57.9 Å². The van der Waals surface area contributed by atoms with Crippen molar-refractivity contribution in [3.05, 3.63) is 11.8 Å². The number of nitrogens with zero attached hydrogens (tertiary/aromatic N) is 3. The van der Waals surface area contributed by atoms with Crippen LogP contribution in [0.15, 0.2) is 10.6 Å². The van der Waals surface area contributed by atoms with E-state index in [1.54, 1.807) is 27.7 Å². The summed E-state index contributed by atoms with van der Waals surface area (Å²) in [6, 6.07) is -1.27. The Kier molecular flexibility index (Phi) is 7.62. The summed E-state index contributed by atoms with van der Waals surface area (Å²) in [5.74, 6) is -2.60. The number of rotatable bonds is 5. The van der Waals surface area contributed by atoms with Gasteiger partial charge in [-0.05, 0) is 33.1 Å². The lowest BCUT2D eigenvalue weighted by Crippen LogP contribution is -2.56. The molecule has 2 rings (SSSR count). The van der Waals surface area contributed by atoms with Gasteiger partial charge in [0.15, 0.2) is 5.82 Å². The second-order valence-electron chi connectivity index (χ2n) is 8.45. The quantitative estimate of drug-likeness (QED) is 0.689. The highest BCUT2D eigenvalue weighted by molar-refractivity contribution is 5.92. The molecule has 1 aliphatic heterocycles. The van der Waals surface area contributed by atoms with E-state index < -0.39 is 47.4 Å². The Morgan fingerprint density at radius 3 is 2.38 bits per heavy atom. The lowest BCUT2D eigenvalue weighted by atomic mass is 9.98. The van der Waals surface area contributed by atoms with Gasteiger partial charge in [0, 0.05) is 19.2 Å². The largest absolute Gasteiger partial charge is 0.452 e. The van der Waals surface area contributed by atoms with Crippen LogP contribution >= 0.6 is 0 Å². The van der Waals surface area contributed by atoms with Crippen LogP contribution in [0, 0.1) is 5.92 Å². The molecule has 2 atom stereocenters. The summed E-state index contributed by atoms with van der Waals surface area (Å²) in [5, 5.41) is 10.2. The summed E-state index contributed by atoms with van der Waals surface area (Å²) in [4.78, 5) is 38.0. The Morgan fingerprint density at radius 1 is 1.22 bits per heavy atom. The minimum atomic E-state index is -4.75. The van der Waals surface area contributed by atoms with E-state index in [1.807, 2.05) is 6.92 Å². The van der Waals surface area contributed by atoms with Crippen LogP contribution in [0.4, 0.5) is 28.6 Å². The fourth-order valence-corrected chi connectivity index (χ4v) is 2.97. The SMILES string of the molecule is CC[C@H](C)[C@H](NC(=O)OC(C)(C)C)C(=O)N1CCCN1C(=O)Nc1cc(C(F)(F)F)on1. The highest BCUT2D eigenvalue weighted by Crippen LogP contribution is 2.30. The molecule has 1 aromatic heterocycles. The average molecular weight is 463 g/mol. The lowest BCUT2D eigenvalue weighted by Gasteiger charge is -2.33. The van der Waals surface area contributed by atoms with E-state index in [2.05, 4.69) is 20.3 Å². The highest BCUT2D eigenvalue weighted by Gasteiger charge is 2.39. The zero-order valence-corrected chi connectivity index (χ0v) is 18.6. The monoisotopic (exact) mass is 463 g/mol. The first-order valence-electron chi connectivity index (χ1n) is 10.2. The fourth-order valence-electron chi connectivity index (χ4n) is 2.97. The second-order valence-corrected chi connectivity index (χ2v) is 8.45. The summed E-state index contributed by atoms with van der Waals surface area (Å²) in [6.07, 6.45) is -4.51. The molecule has 0 spiro atoms. The number of anilines is 1. The smallest absolute Gasteiger partial charge is 0.444 e. The van der Waals surface area contributed by atoms with Crippen molar-refractivity contribution in [2.75, 3.05) is 18.4 Å². The molecule has 0 unspecified atom stereocenters. The molecule has 1 aliphatic rings. The number of hydrogen-bond acceptors (Lipinski definition) is 6. The first-order chi connectivity index (χ1) is 14.7. The van der Waals surface area contributed by atoms with Gasteiger partial charge in [0.25, 0.3) is 5.91 Å². The Balaban J connectivity index is 2.12. The molecular weight excluding hydrogens is 435 g/mol. The Morgan fingerprint density at radius 2 is 1.84 bits per heavy atom. The van der Waals surface area contributed by atoms with Gasteiger partial charge in [-0.2, -0.15) is 13.2 Å². The molecule has 0 bridgehead atoms. The van der Waals surface area contributed by atoms with Crippen LogP contribution in [0.3, 0.4) is 0 Å². The molecule has 2 N–H and O–H groups in total. The van der Waals surface area contributed by atoms with E-state index in [-0.39, 0.29) is 19.0 Å². The number of alkyl halides is 3. The molecule has 2 heterocycles. The zero-order valence-electron chi connectivity index (χ0n) is 18.6. The van der Waals surface area contributed by atoms with E-state index >= 15 is 0 Å².